The molecule has 8 rings (SSSR count). The first-order valence-corrected chi connectivity index (χ1v) is 28.7. The Morgan fingerprint density at radius 1 is 0.361 bits per heavy atom. The molecule has 0 spiro atoms. The first-order valence-electron chi connectivity index (χ1n) is 28.7. The summed E-state index contributed by atoms with van der Waals surface area (Å²) in [5, 5.41) is 19.4. The minimum absolute atomic E-state index is 0.00390. The van der Waals surface area contributed by atoms with Crippen molar-refractivity contribution in [2.45, 2.75) is 140 Å². The van der Waals surface area contributed by atoms with Gasteiger partial charge in [0.05, 0.1) is 0 Å². The summed E-state index contributed by atoms with van der Waals surface area (Å²) in [6.45, 7) is 31.1. The molecule has 0 aliphatic carbocycles. The summed E-state index contributed by atoms with van der Waals surface area (Å²) in [6.07, 6.45) is 0.875. The molecule has 0 unspecified atom stereocenters. The Bertz CT molecular complexity index is 3440. The fraction of sp³-hybridized carbons (Fsp3) is 0.288. The number of aryl methyl sites for hydroxylation is 6. The first-order chi connectivity index (χ1) is 39.3. The van der Waals surface area contributed by atoms with Gasteiger partial charge >= 0.3 is 0 Å². The van der Waals surface area contributed by atoms with Crippen LogP contribution < -0.4 is 31.9 Å². The molecule has 10 nitrogen and oxygen atoms in total. The number of carbonyl (C=O) groups excluding carboxylic acids is 4. The normalized spacial score (nSPS) is 10.7. The van der Waals surface area contributed by atoms with Crippen molar-refractivity contribution < 1.29 is 19.2 Å². The molecule has 0 heterocycles. The van der Waals surface area contributed by atoms with E-state index in [1.807, 2.05) is 204 Å². The number of amides is 2. The number of rotatable bonds is 17. The van der Waals surface area contributed by atoms with Gasteiger partial charge in [-0.15, -0.1) is 0 Å². The monoisotopic (exact) mass is 1110 g/mol. The molecule has 2 amide bonds. The van der Waals surface area contributed by atoms with Crippen molar-refractivity contribution in [1.29, 1.82) is 0 Å². The average molecular weight is 1110 g/mol. The zero-order valence-corrected chi connectivity index (χ0v) is 51.6. The van der Waals surface area contributed by atoms with Crippen molar-refractivity contribution in [3.63, 3.8) is 0 Å². The molecule has 6 N–H and O–H groups in total. The number of anilines is 6. The maximum absolute atomic E-state index is 12.4. The lowest BCUT2D eigenvalue weighted by Crippen LogP contribution is -2.26. The molecular formula is C73H88N6O4. The van der Waals surface area contributed by atoms with Crippen LogP contribution in [-0.4, -0.2) is 47.0 Å². The Morgan fingerprint density at radius 3 is 1.22 bits per heavy atom. The Balaban J connectivity index is 0.000000203. The molecule has 0 atom stereocenters. The summed E-state index contributed by atoms with van der Waals surface area (Å²) in [5.41, 5.74) is 17.5. The van der Waals surface area contributed by atoms with Crippen LogP contribution in [0, 0.1) is 41.5 Å². The van der Waals surface area contributed by atoms with Crippen molar-refractivity contribution >= 4 is 57.5 Å². The minimum Gasteiger partial charge on any atom is -0.383 e. The zero-order valence-electron chi connectivity index (χ0n) is 51.6. The SMILES string of the molecule is Cc1cccc(C(=O)Cc2ccc(C)c(NC(C)(C)C)c2)c1.Cc1cccc(C(=O)Cc2cccc(NC(C)C)c2)c1.Cc1cccc(NC(=O)c2ccc(C)c(NC(C)C)c2)c1.Cc1cccc(NC(=O)c2cccc(NC(C)C)c2)c1. The van der Waals surface area contributed by atoms with E-state index in [0.717, 1.165) is 84.2 Å². The molecule has 0 aliphatic rings. The smallest absolute Gasteiger partial charge is 0.255 e. The predicted molar refractivity (Wildman–Crippen MR) is 352 cm³/mol. The van der Waals surface area contributed by atoms with Gasteiger partial charge in [0.2, 0.25) is 0 Å². The Morgan fingerprint density at radius 2 is 0.747 bits per heavy atom. The fourth-order valence-corrected chi connectivity index (χ4v) is 8.80. The van der Waals surface area contributed by atoms with E-state index in [4.69, 9.17) is 0 Å². The van der Waals surface area contributed by atoms with Crippen LogP contribution in [0.4, 0.5) is 34.1 Å². The lowest BCUT2D eigenvalue weighted by Gasteiger charge is -2.24. The van der Waals surface area contributed by atoms with Gasteiger partial charge in [-0.2, -0.15) is 0 Å². The van der Waals surface area contributed by atoms with E-state index in [2.05, 4.69) is 113 Å². The van der Waals surface area contributed by atoms with Crippen LogP contribution in [0.5, 0.6) is 0 Å². The van der Waals surface area contributed by atoms with Crippen LogP contribution in [0.15, 0.2) is 182 Å². The van der Waals surface area contributed by atoms with E-state index in [9.17, 15) is 19.2 Å². The summed E-state index contributed by atoms with van der Waals surface area (Å²) in [7, 11) is 0. The molecule has 0 fully saturated rings. The van der Waals surface area contributed by atoms with Crippen LogP contribution in [-0.2, 0) is 12.8 Å². The minimum atomic E-state index is -0.0944. The van der Waals surface area contributed by atoms with Gasteiger partial charge in [-0.1, -0.05) is 108 Å². The maximum Gasteiger partial charge on any atom is 0.255 e. The Labute approximate surface area is 495 Å². The summed E-state index contributed by atoms with van der Waals surface area (Å²) in [4.78, 5) is 49.3. The zero-order chi connectivity index (χ0) is 60.8. The summed E-state index contributed by atoms with van der Waals surface area (Å²) in [5.74, 6) is 0.139. The molecule has 434 valence electrons. The van der Waals surface area contributed by atoms with Crippen LogP contribution >= 0.6 is 0 Å². The van der Waals surface area contributed by atoms with Crippen molar-refractivity contribution in [2.24, 2.45) is 0 Å². The average Bonchev–Trinajstić information content (AvgIpc) is 3.50. The van der Waals surface area contributed by atoms with Crippen LogP contribution in [0.25, 0.3) is 0 Å². The third-order valence-corrected chi connectivity index (χ3v) is 12.7. The second kappa shape index (κ2) is 31.5. The molecule has 83 heavy (non-hydrogen) atoms. The molecule has 8 aromatic carbocycles. The highest BCUT2D eigenvalue weighted by molar-refractivity contribution is 6.05. The second-order valence-electron chi connectivity index (χ2n) is 23.3. The van der Waals surface area contributed by atoms with E-state index in [0.29, 0.717) is 42.1 Å². The largest absolute Gasteiger partial charge is 0.383 e. The molecule has 8 aromatic rings. The van der Waals surface area contributed by atoms with Gasteiger partial charge in [0.25, 0.3) is 11.8 Å². The standard InChI is InChI=1S/C20H25NO.C18H22N2O.C18H21NO.C17H20N2O/c1-14-7-6-8-17(11-14)19(22)13-16-10-9-15(2)18(12-16)21-20(3,4)5;1-12(2)19-17-11-15(9-8-14(17)4)18(21)20-16-7-5-6-13(3)10-16;1-13(2)19-17-9-5-7-15(11-17)12-18(20)16-8-4-6-14(3)10-16;1-12(2)18-16-9-5-7-14(11-16)17(20)19-15-8-4-6-13(3)10-15/h6-12,21H,13H2,1-5H3;5-12,19H,1-4H3,(H,20,21);4-11,13,19H,12H2,1-3H3;4-12,18H,1-3H3,(H,19,20). The second-order valence-corrected chi connectivity index (χ2v) is 23.3. The van der Waals surface area contributed by atoms with Crippen LogP contribution in [0.3, 0.4) is 0 Å². The van der Waals surface area contributed by atoms with E-state index in [1.54, 1.807) is 0 Å². The number of nitrogens with one attached hydrogen (secondary N) is 6. The van der Waals surface area contributed by atoms with Crippen molar-refractivity contribution in [1.82, 2.24) is 0 Å². The number of carbonyl (C=O) groups is 4. The molecule has 0 saturated heterocycles. The van der Waals surface area contributed by atoms with E-state index >= 15 is 0 Å². The first kappa shape index (κ1) is 65.1. The molecule has 0 bridgehead atoms. The number of hydrogen-bond donors (Lipinski definition) is 6. The van der Waals surface area contributed by atoms with E-state index in [-0.39, 0.29) is 28.9 Å². The van der Waals surface area contributed by atoms with Crippen molar-refractivity contribution in [3.05, 3.63) is 249 Å². The van der Waals surface area contributed by atoms with Gasteiger partial charge in [0, 0.05) is 92.9 Å². The van der Waals surface area contributed by atoms with Crippen molar-refractivity contribution in [3.8, 4) is 0 Å². The number of benzene rings is 8. The van der Waals surface area contributed by atoms with Gasteiger partial charge in [-0.05, 0) is 222 Å². The summed E-state index contributed by atoms with van der Waals surface area (Å²) < 4.78 is 0. The molecule has 0 aliphatic heterocycles. The molecule has 10 heteroatoms. The van der Waals surface area contributed by atoms with Gasteiger partial charge < -0.3 is 31.9 Å². The number of hydrogen-bond acceptors (Lipinski definition) is 8. The fourth-order valence-electron chi connectivity index (χ4n) is 8.80. The topological polar surface area (TPSA) is 140 Å². The molecule has 0 aromatic heterocycles. The highest BCUT2D eigenvalue weighted by Crippen LogP contribution is 2.24. The van der Waals surface area contributed by atoms with Crippen LogP contribution in [0.1, 0.15) is 148 Å². The third kappa shape index (κ3) is 23.3. The van der Waals surface area contributed by atoms with E-state index < -0.39 is 0 Å². The highest BCUT2D eigenvalue weighted by atomic mass is 16.2. The maximum atomic E-state index is 12.4. The molecule has 0 radical (unpaired) electrons. The molecule has 0 saturated carbocycles. The Hall–Kier alpha value is -8.76. The van der Waals surface area contributed by atoms with Gasteiger partial charge in [0.1, 0.15) is 0 Å². The predicted octanol–water partition coefficient (Wildman–Crippen LogP) is 17.6. The summed E-state index contributed by atoms with van der Waals surface area (Å²) in [6, 6.07) is 59.7. The molecular weight excluding hydrogens is 1020 g/mol. The van der Waals surface area contributed by atoms with Gasteiger partial charge in [-0.25, -0.2) is 0 Å². The van der Waals surface area contributed by atoms with Gasteiger partial charge in [-0.3, -0.25) is 19.2 Å². The Kier molecular flexibility index (Phi) is 24.7. The quantitative estimate of drug-likeness (QED) is 0.0496. The number of Topliss-reactive ketones (excluding diaryl/α,β-unsaturated/α-hetero) is 2. The summed E-state index contributed by atoms with van der Waals surface area (Å²) >= 11 is 0. The highest BCUT2D eigenvalue weighted by Gasteiger charge is 2.15. The number of ketones is 2. The van der Waals surface area contributed by atoms with Gasteiger partial charge in [0.15, 0.2) is 11.6 Å². The van der Waals surface area contributed by atoms with Crippen molar-refractivity contribution in [2.75, 3.05) is 31.9 Å². The lowest BCUT2D eigenvalue weighted by atomic mass is 9.99. The lowest BCUT2D eigenvalue weighted by molar-refractivity contribution is 0.0984. The van der Waals surface area contributed by atoms with Crippen LogP contribution in [0.2, 0.25) is 0 Å². The van der Waals surface area contributed by atoms with E-state index in [1.165, 1.54) is 5.56 Å². The third-order valence-electron chi connectivity index (χ3n) is 12.7.